The molecule has 0 unspecified atom stereocenters. The first-order valence-electron chi connectivity index (χ1n) is 8.10. The van der Waals surface area contributed by atoms with E-state index in [0.29, 0.717) is 6.54 Å². The maximum absolute atomic E-state index is 4.64. The molecular weight excluding hydrogens is 407 g/mol. The number of halogens is 1. The van der Waals surface area contributed by atoms with Crippen molar-refractivity contribution < 1.29 is 0 Å². The summed E-state index contributed by atoms with van der Waals surface area (Å²) in [5.74, 6) is 2.63. The fourth-order valence-electron chi connectivity index (χ4n) is 2.74. The molecule has 1 aromatic rings. The van der Waals surface area contributed by atoms with Gasteiger partial charge >= 0.3 is 0 Å². The van der Waals surface area contributed by atoms with Crippen LogP contribution in [0.1, 0.15) is 49.4 Å². The van der Waals surface area contributed by atoms with E-state index >= 15 is 0 Å². The van der Waals surface area contributed by atoms with Crippen molar-refractivity contribution in [3.63, 3.8) is 0 Å². The standard InChI is InChI=1S/C16H28N4S.HI/c1-4-17-16(20-11-15-18-9-13(3)21-15)19-10-14-7-5-12(2)6-8-14;/h9,12,14H,4-8,10-11H2,1-3H3,(H2,17,19,20);1H. The van der Waals surface area contributed by atoms with Gasteiger partial charge in [-0.05, 0) is 38.5 Å². The summed E-state index contributed by atoms with van der Waals surface area (Å²) in [6, 6.07) is 0. The van der Waals surface area contributed by atoms with E-state index in [2.05, 4.69) is 41.4 Å². The number of nitrogens with zero attached hydrogens (tertiary/aromatic N) is 2. The smallest absolute Gasteiger partial charge is 0.191 e. The third kappa shape index (κ3) is 6.81. The largest absolute Gasteiger partial charge is 0.357 e. The Morgan fingerprint density at radius 2 is 2.05 bits per heavy atom. The van der Waals surface area contributed by atoms with Crippen molar-refractivity contribution in [1.82, 2.24) is 15.6 Å². The first-order chi connectivity index (χ1) is 10.2. The Balaban J connectivity index is 0.00000242. The van der Waals surface area contributed by atoms with Crippen LogP contribution in [0.15, 0.2) is 11.2 Å². The van der Waals surface area contributed by atoms with Gasteiger partial charge < -0.3 is 10.6 Å². The number of hydrogen-bond donors (Lipinski definition) is 2. The Morgan fingerprint density at radius 1 is 1.32 bits per heavy atom. The zero-order chi connectivity index (χ0) is 15.1. The SMILES string of the molecule is CCNC(=NCc1ncc(C)s1)NCC1CCC(C)CC1.I. The van der Waals surface area contributed by atoms with Gasteiger partial charge in [0.15, 0.2) is 5.96 Å². The van der Waals surface area contributed by atoms with Crippen molar-refractivity contribution >= 4 is 41.3 Å². The number of hydrogen-bond acceptors (Lipinski definition) is 3. The van der Waals surface area contributed by atoms with Gasteiger partial charge in [-0.1, -0.05) is 19.8 Å². The van der Waals surface area contributed by atoms with Crippen LogP contribution >= 0.6 is 35.3 Å². The van der Waals surface area contributed by atoms with Crippen LogP contribution < -0.4 is 10.6 Å². The Labute approximate surface area is 155 Å². The summed E-state index contributed by atoms with van der Waals surface area (Å²) in [6.07, 6.45) is 7.36. The minimum absolute atomic E-state index is 0. The minimum atomic E-state index is 0. The predicted molar refractivity (Wildman–Crippen MR) is 106 cm³/mol. The van der Waals surface area contributed by atoms with Crippen LogP contribution in [-0.2, 0) is 6.54 Å². The average molecular weight is 436 g/mol. The van der Waals surface area contributed by atoms with E-state index in [1.165, 1.54) is 30.6 Å². The van der Waals surface area contributed by atoms with Crippen LogP contribution in [-0.4, -0.2) is 24.0 Å². The van der Waals surface area contributed by atoms with Crippen LogP contribution in [0, 0.1) is 18.8 Å². The Morgan fingerprint density at radius 3 is 2.64 bits per heavy atom. The van der Waals surface area contributed by atoms with Crippen LogP contribution in [0.2, 0.25) is 0 Å². The van der Waals surface area contributed by atoms with Crippen molar-refractivity contribution in [3.8, 4) is 0 Å². The van der Waals surface area contributed by atoms with E-state index in [-0.39, 0.29) is 24.0 Å². The molecule has 126 valence electrons. The van der Waals surface area contributed by atoms with Crippen molar-refractivity contribution in [2.75, 3.05) is 13.1 Å². The second kappa shape index (κ2) is 10.4. The highest BCUT2D eigenvalue weighted by atomic mass is 127. The average Bonchev–Trinajstić information content (AvgIpc) is 2.89. The molecular formula is C16H29IN4S. The van der Waals surface area contributed by atoms with E-state index in [0.717, 1.165) is 35.9 Å². The Hall–Kier alpha value is -0.370. The molecule has 1 aromatic heterocycles. The molecule has 2 rings (SSSR count). The van der Waals surface area contributed by atoms with Crippen LogP contribution in [0.4, 0.5) is 0 Å². The predicted octanol–water partition coefficient (Wildman–Crippen LogP) is 3.95. The van der Waals surface area contributed by atoms with E-state index in [1.807, 2.05) is 6.20 Å². The molecule has 1 aliphatic rings. The lowest BCUT2D eigenvalue weighted by Gasteiger charge is -2.26. The molecule has 0 saturated heterocycles. The normalized spacial score (nSPS) is 22.0. The molecule has 0 amide bonds. The van der Waals surface area contributed by atoms with Gasteiger partial charge in [0.2, 0.25) is 0 Å². The molecule has 0 atom stereocenters. The van der Waals surface area contributed by atoms with Crippen molar-refractivity contribution in [2.24, 2.45) is 16.8 Å². The highest BCUT2D eigenvalue weighted by molar-refractivity contribution is 14.0. The van der Waals surface area contributed by atoms with Crippen molar-refractivity contribution in [1.29, 1.82) is 0 Å². The number of aliphatic imine (C=N–C) groups is 1. The van der Waals surface area contributed by atoms with Gasteiger partial charge in [0, 0.05) is 24.2 Å². The quantitative estimate of drug-likeness (QED) is 0.418. The molecule has 2 N–H and O–H groups in total. The van der Waals surface area contributed by atoms with Gasteiger partial charge in [-0.15, -0.1) is 35.3 Å². The number of aryl methyl sites for hydroxylation is 1. The second-order valence-electron chi connectivity index (χ2n) is 6.07. The molecule has 1 fully saturated rings. The molecule has 1 aliphatic carbocycles. The number of thiazole rings is 1. The molecule has 4 nitrogen and oxygen atoms in total. The molecule has 22 heavy (non-hydrogen) atoms. The van der Waals surface area contributed by atoms with Gasteiger partial charge in [0.1, 0.15) is 5.01 Å². The van der Waals surface area contributed by atoms with Gasteiger partial charge in [-0.25, -0.2) is 9.98 Å². The highest BCUT2D eigenvalue weighted by Crippen LogP contribution is 2.27. The minimum Gasteiger partial charge on any atom is -0.357 e. The molecule has 0 bridgehead atoms. The summed E-state index contributed by atoms with van der Waals surface area (Å²) < 4.78 is 0. The van der Waals surface area contributed by atoms with Gasteiger partial charge in [0.25, 0.3) is 0 Å². The summed E-state index contributed by atoms with van der Waals surface area (Å²) in [4.78, 5) is 10.2. The number of nitrogens with one attached hydrogen (secondary N) is 2. The molecule has 0 radical (unpaired) electrons. The molecule has 6 heteroatoms. The van der Waals surface area contributed by atoms with Gasteiger partial charge in [0.05, 0.1) is 6.54 Å². The molecule has 0 aromatic carbocycles. The number of aromatic nitrogens is 1. The molecule has 1 heterocycles. The monoisotopic (exact) mass is 436 g/mol. The first-order valence-corrected chi connectivity index (χ1v) is 8.92. The number of rotatable bonds is 5. The number of guanidine groups is 1. The Kier molecular flexibility index (Phi) is 9.31. The van der Waals surface area contributed by atoms with Crippen molar-refractivity contribution in [2.45, 2.75) is 53.0 Å². The third-order valence-electron chi connectivity index (χ3n) is 4.08. The lowest BCUT2D eigenvalue weighted by atomic mass is 9.83. The molecule has 0 aliphatic heterocycles. The first kappa shape index (κ1) is 19.7. The summed E-state index contributed by atoms with van der Waals surface area (Å²) in [6.45, 7) is 9.14. The third-order valence-corrected chi connectivity index (χ3v) is 4.98. The molecule has 1 saturated carbocycles. The van der Waals surface area contributed by atoms with Crippen LogP contribution in [0.5, 0.6) is 0 Å². The van der Waals surface area contributed by atoms with E-state index in [9.17, 15) is 0 Å². The summed E-state index contributed by atoms with van der Waals surface area (Å²) >= 11 is 1.72. The fourth-order valence-corrected chi connectivity index (χ4v) is 3.45. The summed E-state index contributed by atoms with van der Waals surface area (Å²) in [5.41, 5.74) is 0. The maximum Gasteiger partial charge on any atom is 0.191 e. The van der Waals surface area contributed by atoms with E-state index in [1.54, 1.807) is 11.3 Å². The lowest BCUT2D eigenvalue weighted by molar-refractivity contribution is 0.289. The lowest BCUT2D eigenvalue weighted by Crippen LogP contribution is -2.40. The fraction of sp³-hybridized carbons (Fsp3) is 0.750. The highest BCUT2D eigenvalue weighted by Gasteiger charge is 2.18. The topological polar surface area (TPSA) is 49.3 Å². The maximum atomic E-state index is 4.64. The Bertz CT molecular complexity index is 453. The van der Waals surface area contributed by atoms with Crippen molar-refractivity contribution in [3.05, 3.63) is 16.1 Å². The molecule has 0 spiro atoms. The van der Waals surface area contributed by atoms with E-state index < -0.39 is 0 Å². The van der Waals surface area contributed by atoms with Crippen LogP contribution in [0.3, 0.4) is 0 Å². The zero-order valence-corrected chi connectivity index (χ0v) is 17.0. The van der Waals surface area contributed by atoms with Gasteiger partial charge in [-0.2, -0.15) is 0 Å². The van der Waals surface area contributed by atoms with Gasteiger partial charge in [-0.3, -0.25) is 0 Å². The zero-order valence-electron chi connectivity index (χ0n) is 13.9. The van der Waals surface area contributed by atoms with Crippen LogP contribution in [0.25, 0.3) is 0 Å². The second-order valence-corrected chi connectivity index (χ2v) is 7.39. The summed E-state index contributed by atoms with van der Waals surface area (Å²) in [5, 5.41) is 7.90. The summed E-state index contributed by atoms with van der Waals surface area (Å²) in [7, 11) is 0. The van der Waals surface area contributed by atoms with E-state index in [4.69, 9.17) is 0 Å².